The summed E-state index contributed by atoms with van der Waals surface area (Å²) in [6.07, 6.45) is 2.30. The standard InChI is InChI=1S/C14H20N2O4S/c1-9-11(10(2)20-15-9)7-21-8-13(17)16-6-4-3-5-12(16)14(18)19/h12H,3-8H2,1-2H3,(H,18,19)/t12-/m1/s1. The number of amides is 1. The Morgan fingerprint density at radius 2 is 2.19 bits per heavy atom. The Bertz CT molecular complexity index is 510. The number of aryl methyl sites for hydroxylation is 2. The van der Waals surface area contributed by atoms with E-state index >= 15 is 0 Å². The summed E-state index contributed by atoms with van der Waals surface area (Å²) in [5.74, 6) is 0.707. The zero-order chi connectivity index (χ0) is 15.4. The van der Waals surface area contributed by atoms with Crippen molar-refractivity contribution in [2.45, 2.75) is 44.9 Å². The second kappa shape index (κ2) is 6.98. The molecule has 0 aromatic carbocycles. The van der Waals surface area contributed by atoms with Gasteiger partial charge in [0, 0.05) is 17.9 Å². The van der Waals surface area contributed by atoms with Gasteiger partial charge in [-0.05, 0) is 33.1 Å². The average Bonchev–Trinajstić information content (AvgIpc) is 2.78. The van der Waals surface area contributed by atoms with Crippen molar-refractivity contribution >= 4 is 23.6 Å². The van der Waals surface area contributed by atoms with Gasteiger partial charge in [-0.3, -0.25) is 4.79 Å². The minimum atomic E-state index is -0.904. The molecule has 1 fully saturated rings. The Labute approximate surface area is 127 Å². The third-order valence-corrected chi connectivity index (χ3v) is 4.71. The van der Waals surface area contributed by atoms with Crippen molar-refractivity contribution in [3.8, 4) is 0 Å². The first-order chi connectivity index (χ1) is 10.0. The monoisotopic (exact) mass is 312 g/mol. The molecule has 1 amide bonds. The zero-order valence-electron chi connectivity index (χ0n) is 12.3. The van der Waals surface area contributed by atoms with Gasteiger partial charge in [-0.25, -0.2) is 4.79 Å². The number of aliphatic carboxylic acids is 1. The molecule has 1 aromatic heterocycles. The predicted molar refractivity (Wildman–Crippen MR) is 79.1 cm³/mol. The Balaban J connectivity index is 1.87. The molecule has 0 saturated carbocycles. The van der Waals surface area contributed by atoms with Gasteiger partial charge in [0.25, 0.3) is 0 Å². The fourth-order valence-corrected chi connectivity index (χ4v) is 3.58. The highest BCUT2D eigenvalue weighted by Crippen LogP contribution is 2.22. The average molecular weight is 312 g/mol. The molecule has 7 heteroatoms. The molecule has 1 N–H and O–H groups in total. The molecule has 2 heterocycles. The van der Waals surface area contributed by atoms with Crippen LogP contribution in [-0.4, -0.2) is 45.4 Å². The lowest BCUT2D eigenvalue weighted by atomic mass is 10.0. The van der Waals surface area contributed by atoms with Crippen molar-refractivity contribution in [2.75, 3.05) is 12.3 Å². The van der Waals surface area contributed by atoms with E-state index in [2.05, 4.69) is 5.16 Å². The van der Waals surface area contributed by atoms with Crippen LogP contribution >= 0.6 is 11.8 Å². The van der Waals surface area contributed by atoms with E-state index in [-0.39, 0.29) is 11.7 Å². The van der Waals surface area contributed by atoms with Crippen LogP contribution in [0.25, 0.3) is 0 Å². The SMILES string of the molecule is Cc1noc(C)c1CSCC(=O)N1CCCC[C@@H]1C(=O)O. The van der Waals surface area contributed by atoms with E-state index in [9.17, 15) is 14.7 Å². The summed E-state index contributed by atoms with van der Waals surface area (Å²) in [5, 5.41) is 13.1. The van der Waals surface area contributed by atoms with E-state index < -0.39 is 12.0 Å². The fraction of sp³-hybridized carbons (Fsp3) is 0.643. The number of rotatable bonds is 5. The van der Waals surface area contributed by atoms with Gasteiger partial charge in [0.15, 0.2) is 0 Å². The van der Waals surface area contributed by atoms with Crippen molar-refractivity contribution in [2.24, 2.45) is 0 Å². The lowest BCUT2D eigenvalue weighted by molar-refractivity contribution is -0.150. The summed E-state index contributed by atoms with van der Waals surface area (Å²) in [6, 6.07) is -0.661. The van der Waals surface area contributed by atoms with Crippen LogP contribution in [0.5, 0.6) is 0 Å². The van der Waals surface area contributed by atoms with Crippen molar-refractivity contribution in [3.63, 3.8) is 0 Å². The second-order valence-corrected chi connectivity index (χ2v) is 6.22. The lowest BCUT2D eigenvalue weighted by Crippen LogP contribution is -2.48. The molecule has 116 valence electrons. The highest BCUT2D eigenvalue weighted by molar-refractivity contribution is 7.99. The van der Waals surface area contributed by atoms with Gasteiger partial charge in [0.2, 0.25) is 5.91 Å². The van der Waals surface area contributed by atoms with Gasteiger partial charge >= 0.3 is 5.97 Å². The minimum Gasteiger partial charge on any atom is -0.480 e. The second-order valence-electron chi connectivity index (χ2n) is 5.23. The lowest BCUT2D eigenvalue weighted by Gasteiger charge is -2.32. The fourth-order valence-electron chi connectivity index (χ4n) is 2.52. The van der Waals surface area contributed by atoms with Crippen LogP contribution < -0.4 is 0 Å². The van der Waals surface area contributed by atoms with Gasteiger partial charge in [0.1, 0.15) is 11.8 Å². The number of aromatic nitrogens is 1. The third kappa shape index (κ3) is 3.78. The van der Waals surface area contributed by atoms with Crippen LogP contribution in [0.1, 0.15) is 36.3 Å². The van der Waals surface area contributed by atoms with Gasteiger partial charge in [-0.1, -0.05) is 5.16 Å². The smallest absolute Gasteiger partial charge is 0.326 e. The summed E-state index contributed by atoms with van der Waals surface area (Å²) < 4.78 is 5.08. The molecule has 1 aliphatic rings. The molecule has 0 aliphatic carbocycles. The van der Waals surface area contributed by atoms with Crippen LogP contribution in [-0.2, 0) is 15.3 Å². The molecule has 1 aliphatic heterocycles. The van der Waals surface area contributed by atoms with Crippen LogP contribution in [0.3, 0.4) is 0 Å². The van der Waals surface area contributed by atoms with Crippen molar-refractivity contribution in [3.05, 3.63) is 17.0 Å². The maximum Gasteiger partial charge on any atom is 0.326 e. The maximum absolute atomic E-state index is 12.2. The number of hydrogen-bond acceptors (Lipinski definition) is 5. The molecule has 1 atom stereocenters. The van der Waals surface area contributed by atoms with Crippen LogP contribution in [0, 0.1) is 13.8 Å². The molecule has 6 nitrogen and oxygen atoms in total. The Hall–Kier alpha value is -1.50. The van der Waals surface area contributed by atoms with Crippen LogP contribution in [0.15, 0.2) is 4.52 Å². The normalized spacial score (nSPS) is 18.8. The Morgan fingerprint density at radius 3 is 2.81 bits per heavy atom. The van der Waals surface area contributed by atoms with E-state index in [0.29, 0.717) is 18.7 Å². The van der Waals surface area contributed by atoms with Gasteiger partial charge in [0.05, 0.1) is 11.4 Å². The summed E-state index contributed by atoms with van der Waals surface area (Å²) in [7, 11) is 0. The molecule has 21 heavy (non-hydrogen) atoms. The number of thioether (sulfide) groups is 1. The summed E-state index contributed by atoms with van der Waals surface area (Å²) in [6.45, 7) is 4.27. The molecular weight excluding hydrogens is 292 g/mol. The van der Waals surface area contributed by atoms with Gasteiger partial charge in [-0.15, -0.1) is 11.8 Å². The van der Waals surface area contributed by atoms with Crippen LogP contribution in [0.4, 0.5) is 0 Å². The number of carboxylic acid groups (broad SMARTS) is 1. The van der Waals surface area contributed by atoms with Crippen LogP contribution in [0.2, 0.25) is 0 Å². The zero-order valence-corrected chi connectivity index (χ0v) is 13.1. The molecule has 1 aromatic rings. The first-order valence-electron chi connectivity index (χ1n) is 7.02. The number of carbonyl (C=O) groups is 2. The molecule has 0 unspecified atom stereocenters. The summed E-state index contributed by atoms with van der Waals surface area (Å²) >= 11 is 1.47. The number of carbonyl (C=O) groups excluding carboxylic acids is 1. The largest absolute Gasteiger partial charge is 0.480 e. The quantitative estimate of drug-likeness (QED) is 0.895. The molecule has 1 saturated heterocycles. The summed E-state index contributed by atoms with van der Waals surface area (Å²) in [4.78, 5) is 24.9. The molecule has 0 radical (unpaired) electrons. The van der Waals surface area contributed by atoms with E-state index in [4.69, 9.17) is 4.52 Å². The highest BCUT2D eigenvalue weighted by Gasteiger charge is 2.31. The number of nitrogens with zero attached hydrogens (tertiary/aromatic N) is 2. The maximum atomic E-state index is 12.2. The number of piperidine rings is 1. The highest BCUT2D eigenvalue weighted by atomic mass is 32.2. The molecular formula is C14H20N2O4S. The third-order valence-electron chi connectivity index (χ3n) is 3.76. The number of hydrogen-bond donors (Lipinski definition) is 1. The van der Waals surface area contributed by atoms with E-state index in [1.54, 1.807) is 0 Å². The van der Waals surface area contributed by atoms with E-state index in [0.717, 1.165) is 29.9 Å². The van der Waals surface area contributed by atoms with E-state index in [1.165, 1.54) is 16.7 Å². The molecule has 0 spiro atoms. The first-order valence-corrected chi connectivity index (χ1v) is 8.18. The number of likely N-dealkylation sites (tertiary alicyclic amines) is 1. The molecule has 0 bridgehead atoms. The van der Waals surface area contributed by atoms with Gasteiger partial charge in [-0.2, -0.15) is 0 Å². The summed E-state index contributed by atoms with van der Waals surface area (Å²) in [5.41, 5.74) is 1.86. The first kappa shape index (κ1) is 15.9. The number of carboxylic acids is 1. The Kier molecular flexibility index (Phi) is 5.27. The van der Waals surface area contributed by atoms with E-state index in [1.807, 2.05) is 13.8 Å². The van der Waals surface area contributed by atoms with Gasteiger partial charge < -0.3 is 14.5 Å². The van der Waals surface area contributed by atoms with Crippen molar-refractivity contribution < 1.29 is 19.2 Å². The minimum absolute atomic E-state index is 0.0983. The molecule has 2 rings (SSSR count). The Morgan fingerprint density at radius 1 is 1.43 bits per heavy atom. The predicted octanol–water partition coefficient (Wildman–Crippen LogP) is 1.99. The topological polar surface area (TPSA) is 83.6 Å². The van der Waals surface area contributed by atoms with Crippen molar-refractivity contribution in [1.82, 2.24) is 10.1 Å². The van der Waals surface area contributed by atoms with Crippen molar-refractivity contribution in [1.29, 1.82) is 0 Å².